The Bertz CT molecular complexity index is 1020. The van der Waals surface area contributed by atoms with Gasteiger partial charge in [-0.05, 0) is 35.0 Å². The van der Waals surface area contributed by atoms with Crippen LogP contribution < -0.4 is 10.5 Å². The van der Waals surface area contributed by atoms with Crippen LogP contribution in [0.3, 0.4) is 0 Å². The highest BCUT2D eigenvalue weighted by Gasteiger charge is 2.26. The fourth-order valence-electron chi connectivity index (χ4n) is 2.51. The topological polar surface area (TPSA) is 98.6 Å². The molecule has 0 bridgehead atoms. The van der Waals surface area contributed by atoms with Crippen LogP contribution in [-0.4, -0.2) is 22.6 Å². The molecule has 1 heterocycles. The number of oxazole rings is 1. The van der Waals surface area contributed by atoms with E-state index in [0.717, 1.165) is 23.3 Å². The van der Waals surface area contributed by atoms with Gasteiger partial charge >= 0.3 is 0 Å². The predicted molar refractivity (Wildman–Crippen MR) is 99.7 cm³/mol. The number of rotatable bonds is 6. The summed E-state index contributed by atoms with van der Waals surface area (Å²) in [6.07, 6.45) is -1.20. The van der Waals surface area contributed by atoms with E-state index in [2.05, 4.69) is 20.9 Å². The van der Waals surface area contributed by atoms with Gasteiger partial charge in [0.1, 0.15) is 17.1 Å². The Kier molecular flexibility index (Phi) is 5.76. The molecule has 0 spiro atoms. The van der Waals surface area contributed by atoms with Crippen LogP contribution in [0.2, 0.25) is 0 Å². The molecule has 0 aliphatic carbocycles. The molecule has 0 fully saturated rings. The molecule has 0 saturated heterocycles. The number of nitrogens with zero attached hydrogens (tertiary/aromatic N) is 1. The number of aliphatic hydroxyl groups excluding tert-OH is 1. The predicted octanol–water partition coefficient (Wildman–Crippen LogP) is 3.90. The number of aliphatic hydroxyl groups is 1. The molecule has 1 amide bonds. The van der Waals surface area contributed by atoms with Crippen LogP contribution in [0.25, 0.3) is 11.3 Å². The molecule has 3 N–H and O–H groups in total. The summed E-state index contributed by atoms with van der Waals surface area (Å²) in [4.78, 5) is 15.5. The van der Waals surface area contributed by atoms with Crippen LogP contribution in [0, 0.1) is 18.6 Å². The summed E-state index contributed by atoms with van der Waals surface area (Å²) in [7, 11) is 0. The number of primary amides is 1. The molecular formula is C19H15BrF2N2O4. The zero-order valence-corrected chi connectivity index (χ0v) is 16.2. The maximum atomic E-state index is 14.4. The summed E-state index contributed by atoms with van der Waals surface area (Å²) in [5.41, 5.74) is 6.36. The van der Waals surface area contributed by atoms with Crippen molar-refractivity contribution in [3.05, 3.63) is 69.7 Å². The van der Waals surface area contributed by atoms with Gasteiger partial charge in [-0.3, -0.25) is 4.79 Å². The van der Waals surface area contributed by atoms with E-state index in [1.165, 1.54) is 0 Å². The van der Waals surface area contributed by atoms with E-state index < -0.39 is 41.6 Å². The summed E-state index contributed by atoms with van der Waals surface area (Å²) in [5, 5.41) is 9.64. The first kappa shape index (κ1) is 20.0. The molecule has 146 valence electrons. The Hall–Kier alpha value is -2.78. The fraction of sp³-hybridized carbons (Fsp3) is 0.158. The van der Waals surface area contributed by atoms with Crippen molar-refractivity contribution >= 4 is 21.8 Å². The average molecular weight is 453 g/mol. The largest absolute Gasteiger partial charge is 0.475 e. The van der Waals surface area contributed by atoms with Gasteiger partial charge in [0.05, 0.1) is 6.61 Å². The van der Waals surface area contributed by atoms with Gasteiger partial charge < -0.3 is 20.0 Å². The molecule has 2 aromatic carbocycles. The van der Waals surface area contributed by atoms with E-state index in [1.807, 2.05) is 31.2 Å². The van der Waals surface area contributed by atoms with Gasteiger partial charge in [-0.15, -0.1) is 0 Å². The van der Waals surface area contributed by atoms with E-state index in [1.54, 1.807) is 0 Å². The van der Waals surface area contributed by atoms with Crippen LogP contribution in [0.4, 0.5) is 8.78 Å². The van der Waals surface area contributed by atoms with Gasteiger partial charge in [0.2, 0.25) is 5.89 Å². The number of carbonyl (C=O) groups excluding carboxylic acids is 1. The zero-order chi connectivity index (χ0) is 20.4. The van der Waals surface area contributed by atoms with Crippen molar-refractivity contribution in [3.63, 3.8) is 0 Å². The lowest BCUT2D eigenvalue weighted by Gasteiger charge is -2.15. The highest BCUT2D eigenvalue weighted by molar-refractivity contribution is 9.10. The second-order valence-electron chi connectivity index (χ2n) is 5.93. The molecule has 0 saturated carbocycles. The number of carbonyl (C=O) groups is 1. The number of aryl methyl sites for hydroxylation is 1. The van der Waals surface area contributed by atoms with Crippen LogP contribution >= 0.6 is 15.9 Å². The molecule has 9 heteroatoms. The monoisotopic (exact) mass is 452 g/mol. The summed E-state index contributed by atoms with van der Waals surface area (Å²) >= 11 is 3.26. The molecule has 0 aliphatic rings. The minimum atomic E-state index is -1.28. The van der Waals surface area contributed by atoms with E-state index in [0.29, 0.717) is 10.4 Å². The molecule has 3 rings (SSSR count). The van der Waals surface area contributed by atoms with Crippen molar-refractivity contribution in [1.82, 2.24) is 4.98 Å². The number of amides is 1. The lowest BCUT2D eigenvalue weighted by atomic mass is 10.1. The van der Waals surface area contributed by atoms with Gasteiger partial charge in [0, 0.05) is 5.56 Å². The minimum absolute atomic E-state index is 0.0331. The van der Waals surface area contributed by atoms with Gasteiger partial charge in [0.25, 0.3) is 5.91 Å². The Morgan fingerprint density at radius 1 is 1.29 bits per heavy atom. The molecule has 6 nitrogen and oxygen atoms in total. The normalized spacial score (nSPS) is 12.0. The maximum Gasteiger partial charge on any atom is 0.254 e. The van der Waals surface area contributed by atoms with Crippen LogP contribution in [0.1, 0.15) is 27.9 Å². The molecule has 3 aromatic rings. The first-order valence-corrected chi connectivity index (χ1v) is 8.89. The summed E-state index contributed by atoms with van der Waals surface area (Å²) in [6, 6.07) is 9.31. The van der Waals surface area contributed by atoms with E-state index in [-0.39, 0.29) is 5.89 Å². The number of benzene rings is 2. The zero-order valence-electron chi connectivity index (χ0n) is 14.6. The van der Waals surface area contributed by atoms with Crippen molar-refractivity contribution < 1.29 is 27.8 Å². The number of nitrogens with two attached hydrogens (primary N) is 1. The number of ether oxygens (including phenoxy) is 1. The number of aromatic nitrogens is 1. The third-order valence-electron chi connectivity index (χ3n) is 3.94. The average Bonchev–Trinajstić information content (AvgIpc) is 3.03. The standard InChI is InChI=1S/C19H15BrF2N2O4/c1-9-2-4-10(5-3-9)16-17(20)28-19(24-16)13(8-25)27-12-7-6-11(21)14(15(12)22)18(23)26/h2-7,13,25H,8H2,1H3,(H2,23,26). The number of halogens is 3. The molecule has 0 aliphatic heterocycles. The van der Waals surface area contributed by atoms with Crippen molar-refractivity contribution in [2.75, 3.05) is 6.61 Å². The van der Waals surface area contributed by atoms with Crippen LogP contribution in [-0.2, 0) is 0 Å². The number of hydrogen-bond donors (Lipinski definition) is 2. The highest BCUT2D eigenvalue weighted by atomic mass is 79.9. The molecule has 0 radical (unpaired) electrons. The van der Waals surface area contributed by atoms with Crippen molar-refractivity contribution in [1.29, 1.82) is 0 Å². The van der Waals surface area contributed by atoms with Crippen LogP contribution in [0.5, 0.6) is 5.75 Å². The Balaban J connectivity index is 1.93. The van der Waals surface area contributed by atoms with Crippen molar-refractivity contribution in [2.45, 2.75) is 13.0 Å². The molecule has 1 atom stereocenters. The quantitative estimate of drug-likeness (QED) is 0.590. The van der Waals surface area contributed by atoms with Gasteiger partial charge in [-0.1, -0.05) is 29.8 Å². The Morgan fingerprint density at radius 2 is 1.96 bits per heavy atom. The first-order valence-electron chi connectivity index (χ1n) is 8.10. The van der Waals surface area contributed by atoms with Crippen molar-refractivity contribution in [2.24, 2.45) is 5.73 Å². The lowest BCUT2D eigenvalue weighted by molar-refractivity contribution is 0.0880. The molecule has 28 heavy (non-hydrogen) atoms. The SMILES string of the molecule is Cc1ccc(-c2nc(C(CO)Oc3ccc(F)c(C(N)=O)c3F)oc2Br)cc1. The summed E-state index contributed by atoms with van der Waals surface area (Å²) in [5.74, 6) is -4.16. The second kappa shape index (κ2) is 8.07. The third kappa shape index (κ3) is 3.90. The molecule has 1 aromatic heterocycles. The summed E-state index contributed by atoms with van der Waals surface area (Å²) in [6.45, 7) is 1.34. The minimum Gasteiger partial charge on any atom is -0.475 e. The van der Waals surface area contributed by atoms with Gasteiger partial charge in [-0.2, -0.15) is 0 Å². The molecule has 1 unspecified atom stereocenters. The van der Waals surface area contributed by atoms with Crippen LogP contribution in [0.15, 0.2) is 45.5 Å². The highest BCUT2D eigenvalue weighted by Crippen LogP contribution is 2.33. The fourth-order valence-corrected chi connectivity index (χ4v) is 3.00. The Labute approximate surface area is 167 Å². The van der Waals surface area contributed by atoms with Crippen molar-refractivity contribution in [3.8, 4) is 17.0 Å². The van der Waals surface area contributed by atoms with E-state index >= 15 is 0 Å². The van der Waals surface area contributed by atoms with E-state index in [9.17, 15) is 18.7 Å². The van der Waals surface area contributed by atoms with E-state index in [4.69, 9.17) is 14.9 Å². The van der Waals surface area contributed by atoms with Gasteiger partial charge in [-0.25, -0.2) is 13.8 Å². The first-order chi connectivity index (χ1) is 13.3. The molecular weight excluding hydrogens is 438 g/mol. The number of hydrogen-bond acceptors (Lipinski definition) is 5. The smallest absolute Gasteiger partial charge is 0.254 e. The summed E-state index contributed by atoms with van der Waals surface area (Å²) < 4.78 is 39.2. The third-order valence-corrected chi connectivity index (χ3v) is 4.48. The maximum absolute atomic E-state index is 14.4. The second-order valence-corrected chi connectivity index (χ2v) is 6.65. The lowest BCUT2D eigenvalue weighted by Crippen LogP contribution is -2.18. The Morgan fingerprint density at radius 3 is 2.57 bits per heavy atom. The van der Waals surface area contributed by atoms with Gasteiger partial charge in [0.15, 0.2) is 22.3 Å².